The number of nitrogens with zero attached hydrogens (tertiary/aromatic N) is 1. The van der Waals surface area contributed by atoms with Crippen LogP contribution in [-0.4, -0.2) is 33.2 Å². The Labute approximate surface area is 125 Å². The van der Waals surface area contributed by atoms with E-state index >= 15 is 0 Å². The lowest BCUT2D eigenvalue weighted by Crippen LogP contribution is -2.16. The summed E-state index contributed by atoms with van der Waals surface area (Å²) in [4.78, 5) is 8.95. The second-order valence-electron chi connectivity index (χ2n) is 4.16. The Balaban J connectivity index is 3.27. The van der Waals surface area contributed by atoms with E-state index in [1.165, 1.54) is 7.11 Å². The van der Waals surface area contributed by atoms with Crippen LogP contribution in [0.2, 0.25) is 0 Å². The first-order chi connectivity index (χ1) is 9.66. The predicted molar refractivity (Wildman–Crippen MR) is 72.7 cm³/mol. The standard InChI is InChI=1S/C11H13ClFNO6S/c1-7(3-4-19-2)20-11-9(13)5-8(14(15)16)6-10(11)21(12,17)18/h5-7H,3-4H2,1-2H3. The van der Waals surface area contributed by atoms with Gasteiger partial charge in [-0.2, -0.15) is 0 Å². The van der Waals surface area contributed by atoms with Crippen molar-refractivity contribution in [1.82, 2.24) is 0 Å². The molecule has 0 radical (unpaired) electrons. The van der Waals surface area contributed by atoms with E-state index in [0.717, 1.165) is 0 Å². The van der Waals surface area contributed by atoms with E-state index in [0.29, 0.717) is 25.2 Å². The van der Waals surface area contributed by atoms with Crippen molar-refractivity contribution in [1.29, 1.82) is 0 Å². The zero-order chi connectivity index (χ0) is 16.2. The highest BCUT2D eigenvalue weighted by Gasteiger charge is 2.26. The van der Waals surface area contributed by atoms with Gasteiger partial charge < -0.3 is 9.47 Å². The maximum atomic E-state index is 13.9. The highest BCUT2D eigenvalue weighted by molar-refractivity contribution is 8.13. The van der Waals surface area contributed by atoms with E-state index in [1.807, 2.05) is 0 Å². The molecule has 1 atom stereocenters. The normalized spacial score (nSPS) is 13.0. The van der Waals surface area contributed by atoms with E-state index in [9.17, 15) is 22.9 Å². The molecule has 0 heterocycles. The monoisotopic (exact) mass is 341 g/mol. The largest absolute Gasteiger partial charge is 0.486 e. The summed E-state index contributed by atoms with van der Waals surface area (Å²) >= 11 is 0. The Morgan fingerprint density at radius 2 is 2.10 bits per heavy atom. The molecule has 7 nitrogen and oxygen atoms in total. The number of rotatable bonds is 7. The number of halogens is 2. The van der Waals surface area contributed by atoms with Gasteiger partial charge in [-0.1, -0.05) is 0 Å². The second kappa shape index (κ2) is 7.01. The first-order valence-electron chi connectivity index (χ1n) is 5.75. The van der Waals surface area contributed by atoms with Crippen LogP contribution in [0.25, 0.3) is 0 Å². The average Bonchev–Trinajstić information content (AvgIpc) is 2.36. The Hall–Kier alpha value is -1.45. The average molecular weight is 342 g/mol. The quantitative estimate of drug-likeness (QED) is 0.429. The number of nitro groups is 1. The number of nitro benzene ring substituents is 1. The van der Waals surface area contributed by atoms with E-state index in [4.69, 9.17) is 20.2 Å². The Bertz CT molecular complexity index is 636. The second-order valence-corrected chi connectivity index (χ2v) is 6.69. The molecule has 0 N–H and O–H groups in total. The molecule has 0 spiro atoms. The van der Waals surface area contributed by atoms with Crippen LogP contribution in [0.15, 0.2) is 17.0 Å². The van der Waals surface area contributed by atoms with Crippen molar-refractivity contribution < 1.29 is 27.2 Å². The van der Waals surface area contributed by atoms with Gasteiger partial charge >= 0.3 is 0 Å². The summed E-state index contributed by atoms with van der Waals surface area (Å²) in [6, 6.07) is 1.23. The number of hydrogen-bond acceptors (Lipinski definition) is 6. The molecular weight excluding hydrogens is 329 g/mol. The minimum absolute atomic E-state index is 0.318. The molecule has 21 heavy (non-hydrogen) atoms. The zero-order valence-corrected chi connectivity index (χ0v) is 12.8. The van der Waals surface area contributed by atoms with E-state index in [-0.39, 0.29) is 0 Å². The van der Waals surface area contributed by atoms with Crippen LogP contribution in [0.4, 0.5) is 10.1 Å². The molecule has 0 aromatic heterocycles. The molecule has 0 saturated heterocycles. The summed E-state index contributed by atoms with van der Waals surface area (Å²) in [7, 11) is 2.24. The molecule has 1 aromatic rings. The lowest BCUT2D eigenvalue weighted by molar-refractivity contribution is -0.385. The summed E-state index contributed by atoms with van der Waals surface area (Å²) in [5, 5.41) is 10.7. The fraction of sp³-hybridized carbons (Fsp3) is 0.455. The van der Waals surface area contributed by atoms with E-state index in [1.54, 1.807) is 6.92 Å². The van der Waals surface area contributed by atoms with Crippen molar-refractivity contribution in [2.45, 2.75) is 24.3 Å². The number of hydrogen-bond donors (Lipinski definition) is 0. The van der Waals surface area contributed by atoms with Gasteiger partial charge in [-0.3, -0.25) is 10.1 Å². The van der Waals surface area contributed by atoms with Crippen molar-refractivity contribution in [3.05, 3.63) is 28.1 Å². The van der Waals surface area contributed by atoms with E-state index < -0.39 is 42.2 Å². The molecular formula is C11H13ClFNO6S. The van der Waals surface area contributed by atoms with Gasteiger partial charge in [0.25, 0.3) is 14.7 Å². The highest BCUT2D eigenvalue weighted by Crippen LogP contribution is 2.34. The third-order valence-corrected chi connectivity index (χ3v) is 3.84. The molecule has 0 fully saturated rings. The minimum atomic E-state index is -4.41. The maximum absolute atomic E-state index is 13.9. The van der Waals surface area contributed by atoms with Gasteiger partial charge in [-0.25, -0.2) is 12.8 Å². The van der Waals surface area contributed by atoms with Gasteiger partial charge in [0.1, 0.15) is 4.90 Å². The van der Waals surface area contributed by atoms with Gasteiger partial charge in [-0.05, 0) is 6.92 Å². The van der Waals surface area contributed by atoms with Gasteiger partial charge in [-0.15, -0.1) is 0 Å². The SMILES string of the molecule is COCCC(C)Oc1c(F)cc([N+](=O)[O-])cc1S(=O)(=O)Cl. The van der Waals surface area contributed by atoms with Crippen LogP contribution >= 0.6 is 10.7 Å². The number of benzene rings is 1. The minimum Gasteiger partial charge on any atom is -0.486 e. The molecule has 118 valence electrons. The van der Waals surface area contributed by atoms with Crippen molar-refractivity contribution in [2.24, 2.45) is 0 Å². The molecule has 0 amide bonds. The predicted octanol–water partition coefficient (Wildman–Crippen LogP) is 2.47. The Kier molecular flexibility index (Phi) is 5.87. The molecule has 0 aliphatic rings. The highest BCUT2D eigenvalue weighted by atomic mass is 35.7. The topological polar surface area (TPSA) is 95.7 Å². The fourth-order valence-electron chi connectivity index (χ4n) is 1.50. The van der Waals surface area contributed by atoms with E-state index in [2.05, 4.69) is 0 Å². The van der Waals surface area contributed by atoms with Crippen LogP contribution in [0.1, 0.15) is 13.3 Å². The first kappa shape index (κ1) is 17.6. The lowest BCUT2D eigenvalue weighted by atomic mass is 10.2. The summed E-state index contributed by atoms with van der Waals surface area (Å²) in [6.07, 6.45) is -0.201. The van der Waals surface area contributed by atoms with Gasteiger partial charge in [0, 0.05) is 36.9 Å². The van der Waals surface area contributed by atoms with Crippen LogP contribution in [-0.2, 0) is 13.8 Å². The molecule has 1 aromatic carbocycles. The van der Waals surface area contributed by atoms with Crippen LogP contribution in [0.5, 0.6) is 5.75 Å². The third-order valence-electron chi connectivity index (χ3n) is 2.52. The summed E-state index contributed by atoms with van der Waals surface area (Å²) in [5.41, 5.74) is -0.733. The van der Waals surface area contributed by atoms with Crippen LogP contribution in [0, 0.1) is 15.9 Å². The Morgan fingerprint density at radius 3 is 2.57 bits per heavy atom. The number of ether oxygens (including phenoxy) is 2. The van der Waals surface area contributed by atoms with Gasteiger partial charge in [0.15, 0.2) is 11.6 Å². The van der Waals surface area contributed by atoms with Crippen LogP contribution < -0.4 is 4.74 Å². The van der Waals surface area contributed by atoms with Crippen molar-refractivity contribution >= 4 is 25.4 Å². The molecule has 10 heteroatoms. The van der Waals surface area contributed by atoms with Crippen molar-refractivity contribution in [2.75, 3.05) is 13.7 Å². The molecule has 0 aliphatic carbocycles. The van der Waals surface area contributed by atoms with Crippen molar-refractivity contribution in [3.63, 3.8) is 0 Å². The molecule has 0 bridgehead atoms. The Morgan fingerprint density at radius 1 is 1.48 bits per heavy atom. The fourth-order valence-corrected chi connectivity index (χ4v) is 2.47. The smallest absolute Gasteiger partial charge is 0.273 e. The van der Waals surface area contributed by atoms with Crippen molar-refractivity contribution in [3.8, 4) is 5.75 Å². The maximum Gasteiger partial charge on any atom is 0.273 e. The van der Waals surface area contributed by atoms with Gasteiger partial charge in [0.05, 0.1) is 17.1 Å². The third kappa shape index (κ3) is 4.80. The molecule has 1 rings (SSSR count). The summed E-state index contributed by atoms with van der Waals surface area (Å²) in [6.45, 7) is 1.89. The zero-order valence-electron chi connectivity index (χ0n) is 11.2. The van der Waals surface area contributed by atoms with Gasteiger partial charge in [0.2, 0.25) is 0 Å². The number of non-ortho nitro benzene ring substituents is 1. The number of methoxy groups -OCH3 is 1. The molecule has 0 aliphatic heterocycles. The molecule has 0 saturated carbocycles. The van der Waals surface area contributed by atoms with Crippen LogP contribution in [0.3, 0.4) is 0 Å². The summed E-state index contributed by atoms with van der Waals surface area (Å²) < 4.78 is 46.8. The lowest BCUT2D eigenvalue weighted by Gasteiger charge is -2.16. The molecule has 1 unspecified atom stereocenters. The summed E-state index contributed by atoms with van der Waals surface area (Å²) in [5.74, 6) is -1.81. The first-order valence-corrected chi connectivity index (χ1v) is 8.06.